The number of aliphatic hydroxyl groups is 1. The van der Waals surface area contributed by atoms with Gasteiger partial charge in [0.1, 0.15) is 12.6 Å². The standard InChI is InChI=1S/C16H22N2O/c1-12-16(13-7-3-4-8-14(13)17-12)15(19)11-18-9-5-2-6-10-18/h3-4,7-8,15,17,19H,2,5-6,9-11H2,1H3/p+1/t15-/m1/s1. The SMILES string of the molecule is Cc1[nH]c2ccccc2c1[C@H](O)C[NH+]1CCCCC1. The smallest absolute Gasteiger partial charge is 0.130 e. The summed E-state index contributed by atoms with van der Waals surface area (Å²) in [7, 11) is 0. The third-order valence-electron chi connectivity index (χ3n) is 4.32. The Morgan fingerprint density at radius 1 is 1.21 bits per heavy atom. The molecule has 102 valence electrons. The summed E-state index contributed by atoms with van der Waals surface area (Å²) in [5.74, 6) is 0. The van der Waals surface area contributed by atoms with Gasteiger partial charge in [-0.25, -0.2) is 0 Å². The van der Waals surface area contributed by atoms with Crippen LogP contribution in [-0.2, 0) is 0 Å². The fourth-order valence-corrected chi connectivity index (χ4v) is 3.36. The fraction of sp³-hybridized carbons (Fsp3) is 0.500. The van der Waals surface area contributed by atoms with E-state index in [1.807, 2.05) is 12.1 Å². The Labute approximate surface area is 114 Å². The van der Waals surface area contributed by atoms with Crippen LogP contribution in [0.25, 0.3) is 10.9 Å². The topological polar surface area (TPSA) is 40.5 Å². The summed E-state index contributed by atoms with van der Waals surface area (Å²) in [5, 5.41) is 11.8. The highest BCUT2D eigenvalue weighted by Crippen LogP contribution is 2.27. The molecule has 19 heavy (non-hydrogen) atoms. The molecule has 3 N–H and O–H groups in total. The molecule has 0 unspecified atom stereocenters. The second-order valence-corrected chi connectivity index (χ2v) is 5.74. The monoisotopic (exact) mass is 259 g/mol. The molecule has 3 heteroatoms. The van der Waals surface area contributed by atoms with Gasteiger partial charge in [-0.1, -0.05) is 18.2 Å². The summed E-state index contributed by atoms with van der Waals surface area (Å²) in [6, 6.07) is 8.25. The van der Waals surface area contributed by atoms with Crippen molar-refractivity contribution in [2.24, 2.45) is 0 Å². The molecule has 1 aromatic carbocycles. The second kappa shape index (κ2) is 5.35. The summed E-state index contributed by atoms with van der Waals surface area (Å²) in [6.07, 6.45) is 3.60. The first kappa shape index (κ1) is 12.7. The van der Waals surface area contributed by atoms with Crippen molar-refractivity contribution in [1.82, 2.24) is 4.98 Å². The number of para-hydroxylation sites is 1. The summed E-state index contributed by atoms with van der Waals surface area (Å²) in [5.41, 5.74) is 3.32. The van der Waals surface area contributed by atoms with Crippen molar-refractivity contribution in [3.8, 4) is 0 Å². The number of aliphatic hydroxyl groups excluding tert-OH is 1. The third kappa shape index (κ3) is 2.53. The molecule has 2 aromatic rings. The van der Waals surface area contributed by atoms with Crippen LogP contribution in [0.3, 0.4) is 0 Å². The van der Waals surface area contributed by atoms with Gasteiger partial charge in [-0.15, -0.1) is 0 Å². The first-order valence-corrected chi connectivity index (χ1v) is 7.34. The van der Waals surface area contributed by atoms with Crippen LogP contribution < -0.4 is 4.90 Å². The van der Waals surface area contributed by atoms with Gasteiger partial charge in [0.15, 0.2) is 0 Å². The Bertz CT molecular complexity index is 555. The highest BCUT2D eigenvalue weighted by Gasteiger charge is 2.22. The zero-order valence-corrected chi connectivity index (χ0v) is 11.6. The van der Waals surface area contributed by atoms with Crippen molar-refractivity contribution in [1.29, 1.82) is 0 Å². The Balaban J connectivity index is 1.84. The van der Waals surface area contributed by atoms with Gasteiger partial charge in [-0.2, -0.15) is 0 Å². The number of likely N-dealkylation sites (tertiary alicyclic amines) is 1. The molecule has 3 nitrogen and oxygen atoms in total. The molecule has 1 saturated heterocycles. The lowest BCUT2D eigenvalue weighted by Crippen LogP contribution is -3.13. The van der Waals surface area contributed by atoms with Crippen LogP contribution in [0.2, 0.25) is 0 Å². The van der Waals surface area contributed by atoms with Crippen molar-refractivity contribution in [2.75, 3.05) is 19.6 Å². The molecule has 1 aliphatic rings. The van der Waals surface area contributed by atoms with Gasteiger partial charge in [-0.3, -0.25) is 0 Å². The molecule has 1 atom stereocenters. The van der Waals surface area contributed by atoms with E-state index < -0.39 is 0 Å². The molecule has 0 amide bonds. The Hall–Kier alpha value is -1.32. The molecule has 0 saturated carbocycles. The molecule has 1 fully saturated rings. The van der Waals surface area contributed by atoms with Crippen molar-refractivity contribution < 1.29 is 10.0 Å². The number of aromatic nitrogens is 1. The fourth-order valence-electron chi connectivity index (χ4n) is 3.36. The molecular formula is C16H23N2O+. The van der Waals surface area contributed by atoms with Crippen LogP contribution in [0.4, 0.5) is 0 Å². The van der Waals surface area contributed by atoms with E-state index in [1.165, 1.54) is 37.7 Å². The number of rotatable bonds is 3. The van der Waals surface area contributed by atoms with Crippen LogP contribution in [-0.4, -0.2) is 29.7 Å². The van der Waals surface area contributed by atoms with Gasteiger partial charge in [0.2, 0.25) is 0 Å². The summed E-state index contributed by atoms with van der Waals surface area (Å²) < 4.78 is 0. The number of piperidine rings is 1. The maximum Gasteiger partial charge on any atom is 0.130 e. The molecule has 0 spiro atoms. The number of aryl methyl sites for hydroxylation is 1. The lowest BCUT2D eigenvalue weighted by Gasteiger charge is -2.25. The lowest BCUT2D eigenvalue weighted by molar-refractivity contribution is -0.908. The van der Waals surface area contributed by atoms with Gasteiger partial charge in [0, 0.05) is 22.2 Å². The zero-order chi connectivity index (χ0) is 13.2. The Morgan fingerprint density at radius 3 is 2.74 bits per heavy atom. The van der Waals surface area contributed by atoms with E-state index in [-0.39, 0.29) is 6.10 Å². The van der Waals surface area contributed by atoms with Gasteiger partial charge in [-0.05, 0) is 32.3 Å². The van der Waals surface area contributed by atoms with E-state index in [0.717, 1.165) is 23.3 Å². The van der Waals surface area contributed by atoms with Crippen molar-refractivity contribution in [2.45, 2.75) is 32.3 Å². The number of quaternary nitrogens is 1. The van der Waals surface area contributed by atoms with E-state index in [4.69, 9.17) is 0 Å². The van der Waals surface area contributed by atoms with Crippen LogP contribution in [0, 0.1) is 6.92 Å². The molecule has 0 aliphatic carbocycles. The van der Waals surface area contributed by atoms with Gasteiger partial charge < -0.3 is 15.0 Å². The molecule has 0 bridgehead atoms. The lowest BCUT2D eigenvalue weighted by atomic mass is 10.0. The number of hydrogen-bond donors (Lipinski definition) is 3. The van der Waals surface area contributed by atoms with Crippen LogP contribution in [0.1, 0.15) is 36.6 Å². The second-order valence-electron chi connectivity index (χ2n) is 5.74. The van der Waals surface area contributed by atoms with Crippen LogP contribution in [0.15, 0.2) is 24.3 Å². The van der Waals surface area contributed by atoms with Crippen LogP contribution in [0.5, 0.6) is 0 Å². The highest BCUT2D eigenvalue weighted by atomic mass is 16.3. The average Bonchev–Trinajstić information content (AvgIpc) is 2.75. The van der Waals surface area contributed by atoms with E-state index in [1.54, 1.807) is 4.90 Å². The van der Waals surface area contributed by atoms with Crippen molar-refractivity contribution in [3.63, 3.8) is 0 Å². The molecule has 2 heterocycles. The molecule has 1 aromatic heterocycles. The number of benzene rings is 1. The minimum atomic E-state index is -0.357. The van der Waals surface area contributed by atoms with Crippen molar-refractivity contribution >= 4 is 10.9 Å². The number of fused-ring (bicyclic) bond motifs is 1. The predicted molar refractivity (Wildman–Crippen MR) is 77.4 cm³/mol. The summed E-state index contributed by atoms with van der Waals surface area (Å²) in [6.45, 7) is 5.31. The van der Waals surface area contributed by atoms with Crippen LogP contribution >= 0.6 is 0 Å². The number of aromatic amines is 1. The van der Waals surface area contributed by atoms with E-state index in [9.17, 15) is 5.11 Å². The molecular weight excluding hydrogens is 236 g/mol. The predicted octanol–water partition coefficient (Wildman–Crippen LogP) is 1.58. The number of nitrogens with one attached hydrogen (secondary N) is 2. The number of hydrogen-bond acceptors (Lipinski definition) is 1. The van der Waals surface area contributed by atoms with E-state index in [2.05, 4.69) is 24.0 Å². The van der Waals surface area contributed by atoms with Gasteiger partial charge in [0.05, 0.1) is 13.1 Å². The van der Waals surface area contributed by atoms with E-state index in [0.29, 0.717) is 0 Å². The minimum Gasteiger partial charge on any atom is -0.382 e. The first-order valence-electron chi connectivity index (χ1n) is 7.34. The molecule has 0 radical (unpaired) electrons. The summed E-state index contributed by atoms with van der Waals surface area (Å²) >= 11 is 0. The largest absolute Gasteiger partial charge is 0.382 e. The third-order valence-corrected chi connectivity index (χ3v) is 4.32. The Kier molecular flexibility index (Phi) is 3.58. The van der Waals surface area contributed by atoms with Crippen molar-refractivity contribution in [3.05, 3.63) is 35.5 Å². The maximum absolute atomic E-state index is 10.6. The normalized spacial score (nSPS) is 18.8. The maximum atomic E-state index is 10.6. The summed E-state index contributed by atoms with van der Waals surface area (Å²) in [4.78, 5) is 4.92. The van der Waals surface area contributed by atoms with Gasteiger partial charge >= 0.3 is 0 Å². The quantitative estimate of drug-likeness (QED) is 0.769. The molecule has 1 aliphatic heterocycles. The minimum absolute atomic E-state index is 0.357. The first-order chi connectivity index (χ1) is 9.25. The zero-order valence-electron chi connectivity index (χ0n) is 11.6. The molecule has 3 rings (SSSR count). The highest BCUT2D eigenvalue weighted by molar-refractivity contribution is 5.84. The van der Waals surface area contributed by atoms with E-state index >= 15 is 0 Å². The van der Waals surface area contributed by atoms with Gasteiger partial charge in [0.25, 0.3) is 0 Å². The number of H-pyrrole nitrogens is 1. The average molecular weight is 259 g/mol. The Morgan fingerprint density at radius 2 is 1.95 bits per heavy atom.